The van der Waals surface area contributed by atoms with Crippen LogP contribution in [0.2, 0.25) is 5.02 Å². The average Bonchev–Trinajstić information content (AvgIpc) is 3.32. The minimum atomic E-state index is -0.549. The molecule has 2 aliphatic rings. The number of pyridine rings is 1. The van der Waals surface area contributed by atoms with Gasteiger partial charge in [0, 0.05) is 25.0 Å². The van der Waals surface area contributed by atoms with E-state index in [2.05, 4.69) is 20.1 Å². The maximum Gasteiger partial charge on any atom is 0.255 e. The zero-order chi connectivity index (χ0) is 19.3. The SMILES string of the molecule is O=C1c2cnc(F)cc2CC[C@H]2CC[C@H](c3nc(-c4cc(Cl)c[nH]4)no3)CN12. The van der Waals surface area contributed by atoms with Crippen molar-refractivity contribution in [2.24, 2.45) is 0 Å². The summed E-state index contributed by atoms with van der Waals surface area (Å²) >= 11 is 5.93. The van der Waals surface area contributed by atoms with Crippen molar-refractivity contribution in [3.8, 4) is 11.5 Å². The highest BCUT2D eigenvalue weighted by molar-refractivity contribution is 6.30. The molecule has 1 N–H and O–H groups in total. The molecule has 28 heavy (non-hydrogen) atoms. The van der Waals surface area contributed by atoms with E-state index in [1.165, 1.54) is 12.3 Å². The van der Waals surface area contributed by atoms with Crippen LogP contribution in [-0.2, 0) is 6.42 Å². The Bertz CT molecular complexity index is 1050. The number of piperidine rings is 1. The molecule has 5 heterocycles. The first kappa shape index (κ1) is 17.4. The first-order valence-electron chi connectivity index (χ1n) is 9.22. The number of fused-ring (bicyclic) bond motifs is 2. The number of halogens is 2. The van der Waals surface area contributed by atoms with Crippen LogP contribution in [-0.4, -0.2) is 43.5 Å². The fraction of sp³-hybridized carbons (Fsp3) is 0.368. The summed E-state index contributed by atoms with van der Waals surface area (Å²) in [4.78, 5) is 26.1. The number of carbonyl (C=O) groups excluding carboxylic acids is 1. The molecule has 1 saturated heterocycles. The summed E-state index contributed by atoms with van der Waals surface area (Å²) in [5.74, 6) is 0.254. The number of aromatic amines is 1. The van der Waals surface area contributed by atoms with Crippen LogP contribution in [0.15, 0.2) is 29.0 Å². The molecule has 0 aliphatic carbocycles. The molecule has 0 spiro atoms. The molecule has 7 nitrogen and oxygen atoms in total. The zero-order valence-corrected chi connectivity index (χ0v) is 15.6. The van der Waals surface area contributed by atoms with Crippen LogP contribution in [0.3, 0.4) is 0 Å². The molecule has 0 saturated carbocycles. The molecule has 5 rings (SSSR count). The molecule has 144 valence electrons. The molecule has 2 atom stereocenters. The van der Waals surface area contributed by atoms with Crippen LogP contribution in [0, 0.1) is 5.95 Å². The molecule has 0 aromatic carbocycles. The first-order chi connectivity index (χ1) is 13.6. The fourth-order valence-corrected chi connectivity index (χ4v) is 4.29. The van der Waals surface area contributed by atoms with E-state index in [1.807, 2.05) is 4.90 Å². The van der Waals surface area contributed by atoms with Crippen molar-refractivity contribution in [2.75, 3.05) is 6.54 Å². The Balaban J connectivity index is 1.40. The van der Waals surface area contributed by atoms with Gasteiger partial charge < -0.3 is 14.4 Å². The van der Waals surface area contributed by atoms with Gasteiger partial charge in [0.15, 0.2) is 0 Å². The second-order valence-electron chi connectivity index (χ2n) is 7.28. The topological polar surface area (TPSA) is 87.9 Å². The number of rotatable bonds is 2. The van der Waals surface area contributed by atoms with Gasteiger partial charge in [-0.3, -0.25) is 4.79 Å². The summed E-state index contributed by atoms with van der Waals surface area (Å²) in [5.41, 5.74) is 1.89. The van der Waals surface area contributed by atoms with Crippen LogP contribution in [0.1, 0.15) is 47.0 Å². The van der Waals surface area contributed by atoms with Gasteiger partial charge in [0.25, 0.3) is 5.91 Å². The highest BCUT2D eigenvalue weighted by Crippen LogP contribution is 2.35. The van der Waals surface area contributed by atoms with Gasteiger partial charge >= 0.3 is 0 Å². The Morgan fingerprint density at radius 1 is 1.29 bits per heavy atom. The van der Waals surface area contributed by atoms with E-state index < -0.39 is 5.95 Å². The van der Waals surface area contributed by atoms with E-state index in [1.54, 1.807) is 12.3 Å². The first-order valence-corrected chi connectivity index (χ1v) is 9.59. The largest absolute Gasteiger partial charge is 0.357 e. The smallest absolute Gasteiger partial charge is 0.255 e. The predicted molar refractivity (Wildman–Crippen MR) is 98.4 cm³/mol. The van der Waals surface area contributed by atoms with Gasteiger partial charge in [-0.2, -0.15) is 9.37 Å². The van der Waals surface area contributed by atoms with Gasteiger partial charge in [0.05, 0.1) is 22.2 Å². The summed E-state index contributed by atoms with van der Waals surface area (Å²) < 4.78 is 19.0. The minimum absolute atomic E-state index is 0.0400. The summed E-state index contributed by atoms with van der Waals surface area (Å²) in [7, 11) is 0. The third-order valence-electron chi connectivity index (χ3n) is 5.58. The predicted octanol–water partition coefficient (Wildman–Crippen LogP) is 3.59. The van der Waals surface area contributed by atoms with Crippen molar-refractivity contribution < 1.29 is 13.7 Å². The van der Waals surface area contributed by atoms with Crippen LogP contribution in [0.25, 0.3) is 11.5 Å². The Morgan fingerprint density at radius 2 is 2.18 bits per heavy atom. The molecular weight excluding hydrogens is 385 g/mol. The van der Waals surface area contributed by atoms with Gasteiger partial charge in [-0.1, -0.05) is 16.8 Å². The van der Waals surface area contributed by atoms with Crippen LogP contribution < -0.4 is 0 Å². The number of amides is 1. The Kier molecular flexibility index (Phi) is 4.16. The van der Waals surface area contributed by atoms with Crippen molar-refractivity contribution in [1.29, 1.82) is 0 Å². The molecule has 1 amide bonds. The highest BCUT2D eigenvalue weighted by Gasteiger charge is 2.37. The Labute approximate surface area is 164 Å². The van der Waals surface area contributed by atoms with Gasteiger partial charge in [0.2, 0.25) is 17.7 Å². The van der Waals surface area contributed by atoms with Crippen molar-refractivity contribution in [1.82, 2.24) is 25.0 Å². The molecule has 2 aliphatic heterocycles. The number of hydrogen-bond acceptors (Lipinski definition) is 5. The summed E-state index contributed by atoms with van der Waals surface area (Å²) in [6.45, 7) is 0.493. The molecule has 0 bridgehead atoms. The third-order valence-corrected chi connectivity index (χ3v) is 5.80. The zero-order valence-electron chi connectivity index (χ0n) is 14.9. The lowest BCUT2D eigenvalue weighted by atomic mass is 9.90. The van der Waals surface area contributed by atoms with Gasteiger partial charge in [-0.25, -0.2) is 4.98 Å². The second kappa shape index (κ2) is 6.70. The van der Waals surface area contributed by atoms with Gasteiger partial charge in [-0.15, -0.1) is 0 Å². The number of nitrogens with zero attached hydrogens (tertiary/aromatic N) is 4. The quantitative estimate of drug-likeness (QED) is 0.663. The van der Waals surface area contributed by atoms with E-state index in [-0.39, 0.29) is 17.9 Å². The minimum Gasteiger partial charge on any atom is -0.357 e. The molecule has 0 radical (unpaired) electrons. The number of nitrogens with one attached hydrogen (secondary N) is 1. The van der Waals surface area contributed by atoms with Crippen molar-refractivity contribution in [3.63, 3.8) is 0 Å². The van der Waals surface area contributed by atoms with Gasteiger partial charge in [-0.05, 0) is 43.4 Å². The fourth-order valence-electron chi connectivity index (χ4n) is 4.13. The number of aromatic nitrogens is 4. The molecule has 3 aromatic rings. The monoisotopic (exact) mass is 401 g/mol. The summed E-state index contributed by atoms with van der Waals surface area (Å²) in [6, 6.07) is 3.23. The number of H-pyrrole nitrogens is 1. The Hall–Kier alpha value is -2.74. The molecule has 0 unspecified atom stereocenters. The molecule has 1 fully saturated rings. The van der Waals surface area contributed by atoms with E-state index >= 15 is 0 Å². The van der Waals surface area contributed by atoms with E-state index in [9.17, 15) is 9.18 Å². The maximum absolute atomic E-state index is 13.5. The van der Waals surface area contributed by atoms with Gasteiger partial charge in [0.1, 0.15) is 0 Å². The summed E-state index contributed by atoms with van der Waals surface area (Å²) in [5, 5.41) is 4.60. The third kappa shape index (κ3) is 2.97. The van der Waals surface area contributed by atoms with Crippen molar-refractivity contribution in [2.45, 2.75) is 37.6 Å². The lowest BCUT2D eigenvalue weighted by Gasteiger charge is -2.37. The summed E-state index contributed by atoms with van der Waals surface area (Å²) in [6.07, 6.45) is 6.17. The van der Waals surface area contributed by atoms with Crippen LogP contribution in [0.5, 0.6) is 0 Å². The lowest BCUT2D eigenvalue weighted by molar-refractivity contribution is 0.0570. The Morgan fingerprint density at radius 3 is 3.00 bits per heavy atom. The maximum atomic E-state index is 13.5. The molecule has 3 aromatic heterocycles. The number of hydrogen-bond donors (Lipinski definition) is 1. The van der Waals surface area contributed by atoms with Crippen molar-refractivity contribution in [3.05, 3.63) is 52.5 Å². The van der Waals surface area contributed by atoms with E-state index in [0.717, 1.165) is 24.8 Å². The van der Waals surface area contributed by atoms with Crippen LogP contribution >= 0.6 is 11.6 Å². The van der Waals surface area contributed by atoms with E-state index in [4.69, 9.17) is 16.1 Å². The van der Waals surface area contributed by atoms with Crippen LogP contribution in [0.4, 0.5) is 4.39 Å². The highest BCUT2D eigenvalue weighted by atomic mass is 35.5. The lowest BCUT2D eigenvalue weighted by Crippen LogP contribution is -2.45. The molecular formula is C19H17ClFN5O2. The van der Waals surface area contributed by atoms with E-state index in [0.29, 0.717) is 41.0 Å². The van der Waals surface area contributed by atoms with Crippen molar-refractivity contribution >= 4 is 17.5 Å². The second-order valence-corrected chi connectivity index (χ2v) is 7.71. The average molecular weight is 402 g/mol. The molecule has 9 heteroatoms. The number of carbonyl (C=O) groups is 1. The normalized spacial score (nSPS) is 21.9. The standard InChI is InChI=1S/C19H17ClFN5O2/c20-12-6-15(22-7-12)17-24-18(28-25-17)11-2-4-13-3-1-10-5-16(21)23-8-14(10)19(27)26(13)9-11/h5-8,11,13,22H,1-4,9H2/t11-,13-/m0/s1. The number of aryl methyl sites for hydroxylation is 1.